The second-order valence-electron chi connectivity index (χ2n) is 8.03. The second-order valence-corrected chi connectivity index (χ2v) is 8.03. The van der Waals surface area contributed by atoms with Crippen molar-refractivity contribution in [2.75, 3.05) is 16.8 Å². The number of aliphatic hydroxyl groups excluding tert-OH is 2. The van der Waals surface area contributed by atoms with Crippen molar-refractivity contribution < 1.29 is 14.6 Å². The summed E-state index contributed by atoms with van der Waals surface area (Å²) in [6.07, 6.45) is 5.41. The van der Waals surface area contributed by atoms with E-state index in [0.29, 0.717) is 50.0 Å². The number of nitrogens with one attached hydrogen (secondary N) is 1. The third-order valence-electron chi connectivity index (χ3n) is 6.05. The summed E-state index contributed by atoms with van der Waals surface area (Å²) in [6, 6.07) is 12.3. The number of nitrogens with zero attached hydrogens (tertiary/aromatic N) is 3. The summed E-state index contributed by atoms with van der Waals surface area (Å²) in [5, 5.41) is 33.1. The Morgan fingerprint density at radius 3 is 2.57 bits per heavy atom. The molecule has 1 fully saturated rings. The van der Waals surface area contributed by atoms with E-state index in [9.17, 15) is 19.9 Å². The molecule has 2 aromatic rings. The SMILES string of the molecule is N#CC1(c2ccc(NC(O)C3=CN(c4ccc(F)cc4)CC3)cn2)CCC(O)CC1. The monoisotopic (exact) mass is 408 g/mol. The first-order valence-electron chi connectivity index (χ1n) is 10.2. The lowest BCUT2D eigenvalue weighted by molar-refractivity contribution is 0.108. The molecule has 0 saturated heterocycles. The highest BCUT2D eigenvalue weighted by atomic mass is 19.1. The number of hydrogen-bond donors (Lipinski definition) is 3. The summed E-state index contributed by atoms with van der Waals surface area (Å²) in [5.41, 5.74) is 2.43. The summed E-state index contributed by atoms with van der Waals surface area (Å²) >= 11 is 0. The van der Waals surface area contributed by atoms with Crippen LogP contribution < -0.4 is 10.2 Å². The van der Waals surface area contributed by atoms with Crippen LogP contribution in [0.2, 0.25) is 0 Å². The fraction of sp³-hybridized carbons (Fsp3) is 0.391. The maximum absolute atomic E-state index is 13.1. The molecule has 2 aliphatic rings. The largest absolute Gasteiger partial charge is 0.393 e. The first-order valence-corrected chi connectivity index (χ1v) is 10.2. The molecule has 7 heteroatoms. The van der Waals surface area contributed by atoms with Gasteiger partial charge in [0, 0.05) is 18.4 Å². The summed E-state index contributed by atoms with van der Waals surface area (Å²) in [7, 11) is 0. The smallest absolute Gasteiger partial charge is 0.148 e. The molecule has 1 aromatic carbocycles. The number of nitriles is 1. The van der Waals surface area contributed by atoms with Crippen molar-refractivity contribution in [1.29, 1.82) is 5.26 Å². The van der Waals surface area contributed by atoms with Gasteiger partial charge in [0.25, 0.3) is 0 Å². The van der Waals surface area contributed by atoms with E-state index in [1.54, 1.807) is 18.3 Å². The Kier molecular flexibility index (Phi) is 5.71. The molecule has 0 amide bonds. The van der Waals surface area contributed by atoms with Crippen LogP contribution in [-0.2, 0) is 5.41 Å². The highest BCUT2D eigenvalue weighted by Crippen LogP contribution is 2.38. The van der Waals surface area contributed by atoms with Gasteiger partial charge in [-0.25, -0.2) is 4.39 Å². The van der Waals surface area contributed by atoms with Gasteiger partial charge >= 0.3 is 0 Å². The van der Waals surface area contributed by atoms with Crippen LogP contribution in [0.25, 0.3) is 0 Å². The molecule has 0 bridgehead atoms. The van der Waals surface area contributed by atoms with Gasteiger partial charge in [-0.2, -0.15) is 5.26 Å². The molecule has 4 rings (SSSR count). The molecule has 0 spiro atoms. The van der Waals surface area contributed by atoms with Crippen LogP contribution in [0.15, 0.2) is 54.4 Å². The van der Waals surface area contributed by atoms with Crippen molar-refractivity contribution in [2.45, 2.75) is 49.9 Å². The first kappa shape index (κ1) is 20.3. The lowest BCUT2D eigenvalue weighted by atomic mass is 9.72. The third kappa shape index (κ3) is 4.16. The Hall–Kier alpha value is -2.95. The number of halogens is 1. The molecule has 1 saturated carbocycles. The molecule has 156 valence electrons. The Balaban J connectivity index is 1.41. The van der Waals surface area contributed by atoms with Gasteiger partial charge in [0.2, 0.25) is 0 Å². The zero-order valence-electron chi connectivity index (χ0n) is 16.6. The van der Waals surface area contributed by atoms with Crippen molar-refractivity contribution in [1.82, 2.24) is 4.98 Å². The summed E-state index contributed by atoms with van der Waals surface area (Å²) < 4.78 is 13.1. The third-order valence-corrected chi connectivity index (χ3v) is 6.05. The number of aliphatic hydroxyl groups is 2. The van der Waals surface area contributed by atoms with Crippen LogP contribution in [-0.4, -0.2) is 34.1 Å². The Morgan fingerprint density at radius 2 is 1.93 bits per heavy atom. The number of hydrogen-bond acceptors (Lipinski definition) is 6. The fourth-order valence-corrected chi connectivity index (χ4v) is 4.16. The minimum atomic E-state index is -0.863. The Bertz CT molecular complexity index is 945. The van der Waals surface area contributed by atoms with Crippen LogP contribution in [0.5, 0.6) is 0 Å². The number of rotatable bonds is 5. The fourth-order valence-electron chi connectivity index (χ4n) is 4.16. The van der Waals surface area contributed by atoms with E-state index in [2.05, 4.69) is 16.4 Å². The van der Waals surface area contributed by atoms with Crippen molar-refractivity contribution in [2.24, 2.45) is 0 Å². The lowest BCUT2D eigenvalue weighted by Crippen LogP contribution is -2.33. The average molecular weight is 408 g/mol. The van der Waals surface area contributed by atoms with E-state index in [4.69, 9.17) is 0 Å². The first-order chi connectivity index (χ1) is 14.5. The molecule has 1 atom stereocenters. The topological polar surface area (TPSA) is 92.4 Å². The number of aromatic nitrogens is 1. The normalized spacial score (nSPS) is 24.8. The molecule has 1 unspecified atom stereocenters. The zero-order chi connectivity index (χ0) is 21.1. The second kappa shape index (κ2) is 8.42. The lowest BCUT2D eigenvalue weighted by Gasteiger charge is -2.32. The molecular weight excluding hydrogens is 383 g/mol. The van der Waals surface area contributed by atoms with Crippen molar-refractivity contribution in [3.63, 3.8) is 0 Å². The van der Waals surface area contributed by atoms with Crippen LogP contribution in [0, 0.1) is 17.1 Å². The molecule has 1 aliphatic heterocycles. The van der Waals surface area contributed by atoms with Crippen molar-refractivity contribution in [3.8, 4) is 6.07 Å². The average Bonchev–Trinajstić information content (AvgIpc) is 3.26. The van der Waals surface area contributed by atoms with Crippen molar-refractivity contribution in [3.05, 3.63) is 65.9 Å². The van der Waals surface area contributed by atoms with E-state index < -0.39 is 11.6 Å². The van der Waals surface area contributed by atoms with E-state index in [1.807, 2.05) is 23.2 Å². The Morgan fingerprint density at radius 1 is 1.20 bits per heavy atom. The maximum atomic E-state index is 13.1. The van der Waals surface area contributed by atoms with Crippen LogP contribution in [0.3, 0.4) is 0 Å². The summed E-state index contributed by atoms with van der Waals surface area (Å²) in [4.78, 5) is 6.46. The van der Waals surface area contributed by atoms with E-state index >= 15 is 0 Å². The van der Waals surface area contributed by atoms with Crippen LogP contribution >= 0.6 is 0 Å². The summed E-state index contributed by atoms with van der Waals surface area (Å²) in [5.74, 6) is -0.276. The maximum Gasteiger partial charge on any atom is 0.148 e. The van der Waals surface area contributed by atoms with Crippen LogP contribution in [0.1, 0.15) is 37.8 Å². The van der Waals surface area contributed by atoms with Gasteiger partial charge in [-0.3, -0.25) is 4.98 Å². The van der Waals surface area contributed by atoms with Crippen LogP contribution in [0.4, 0.5) is 15.8 Å². The molecule has 1 aliphatic carbocycles. The van der Waals surface area contributed by atoms with E-state index in [1.165, 1.54) is 12.1 Å². The van der Waals surface area contributed by atoms with Gasteiger partial charge in [-0.05, 0) is 74.1 Å². The number of benzene rings is 1. The molecule has 1 aromatic heterocycles. The van der Waals surface area contributed by atoms with Gasteiger partial charge < -0.3 is 20.4 Å². The summed E-state index contributed by atoms with van der Waals surface area (Å²) in [6.45, 7) is 0.716. The van der Waals surface area contributed by atoms with E-state index in [-0.39, 0.29) is 11.9 Å². The molecular formula is C23H25FN4O2. The molecule has 6 nitrogen and oxygen atoms in total. The minimum Gasteiger partial charge on any atom is -0.393 e. The number of anilines is 2. The predicted octanol–water partition coefficient (Wildman–Crippen LogP) is 3.44. The highest BCUT2D eigenvalue weighted by molar-refractivity contribution is 5.53. The predicted molar refractivity (Wildman–Crippen MR) is 112 cm³/mol. The minimum absolute atomic E-state index is 0.276. The van der Waals surface area contributed by atoms with Gasteiger partial charge in [0.05, 0.1) is 35.2 Å². The quantitative estimate of drug-likeness (QED) is 0.657. The van der Waals surface area contributed by atoms with Crippen molar-refractivity contribution >= 4 is 11.4 Å². The standard InChI is InChI=1S/C23H25FN4O2/c24-17-1-4-19(5-2-17)28-12-9-16(14-28)22(30)27-18-3-6-21(26-13-18)23(15-25)10-7-20(29)8-11-23/h1-6,13-14,20,22,27,29-30H,7-12H2. The number of pyridine rings is 1. The molecule has 0 radical (unpaired) electrons. The zero-order valence-corrected chi connectivity index (χ0v) is 16.6. The van der Waals surface area contributed by atoms with Gasteiger partial charge in [0.1, 0.15) is 12.0 Å². The highest BCUT2D eigenvalue weighted by Gasteiger charge is 2.38. The Labute approximate surface area is 175 Å². The molecule has 3 N–H and O–H groups in total. The van der Waals surface area contributed by atoms with Gasteiger partial charge in [-0.1, -0.05) is 0 Å². The molecule has 2 heterocycles. The molecule has 30 heavy (non-hydrogen) atoms. The van der Waals surface area contributed by atoms with E-state index in [0.717, 1.165) is 11.3 Å². The van der Waals surface area contributed by atoms with Gasteiger partial charge in [-0.15, -0.1) is 0 Å². The van der Waals surface area contributed by atoms with Gasteiger partial charge in [0.15, 0.2) is 0 Å².